The molecule has 2 aliphatic rings. The van der Waals surface area contributed by atoms with Gasteiger partial charge < -0.3 is 4.90 Å². The maximum atomic E-state index is 13.9. The van der Waals surface area contributed by atoms with Crippen LogP contribution in [0.2, 0.25) is 0 Å². The minimum absolute atomic E-state index is 0.0496. The molecule has 6 heteroatoms. The second kappa shape index (κ2) is 8.77. The summed E-state index contributed by atoms with van der Waals surface area (Å²) in [5.74, 6) is 1.34. The van der Waals surface area contributed by atoms with Crippen molar-refractivity contribution in [3.63, 3.8) is 0 Å². The quantitative estimate of drug-likeness (QED) is 0.618. The molecule has 1 aromatic heterocycles. The van der Waals surface area contributed by atoms with E-state index in [0.717, 1.165) is 53.4 Å². The van der Waals surface area contributed by atoms with Crippen LogP contribution in [-0.2, 0) is 16.0 Å². The standard InChI is InChI=1S/C27H28N4O2/c1-18-22-16-23(32)30(2)26(22)29-25(28-18)21-14-9-15-31(17-21)27(33)24(19-10-5-3-6-11-19)20-12-7-4-8-13-20/h3-8,10-13,21,24H,9,14-17H2,1-2H3. The first-order chi connectivity index (χ1) is 16.0. The number of piperidine rings is 1. The van der Waals surface area contributed by atoms with Crippen LogP contribution in [0.1, 0.15) is 52.9 Å². The van der Waals surface area contributed by atoms with Crippen LogP contribution in [0.3, 0.4) is 0 Å². The van der Waals surface area contributed by atoms with E-state index in [1.54, 1.807) is 11.9 Å². The number of carbonyl (C=O) groups is 2. The number of carbonyl (C=O) groups excluding carboxylic acids is 2. The Kier molecular flexibility index (Phi) is 5.67. The van der Waals surface area contributed by atoms with E-state index in [1.165, 1.54) is 0 Å². The number of fused-ring (bicyclic) bond motifs is 1. The van der Waals surface area contributed by atoms with Crippen molar-refractivity contribution in [2.24, 2.45) is 0 Å². The van der Waals surface area contributed by atoms with Crippen LogP contribution >= 0.6 is 0 Å². The van der Waals surface area contributed by atoms with Crippen molar-refractivity contribution in [2.45, 2.75) is 38.0 Å². The van der Waals surface area contributed by atoms with Gasteiger partial charge >= 0.3 is 0 Å². The smallest absolute Gasteiger partial charge is 0.234 e. The van der Waals surface area contributed by atoms with Gasteiger partial charge in [-0.05, 0) is 30.9 Å². The number of nitrogens with zero attached hydrogens (tertiary/aromatic N) is 4. The predicted molar refractivity (Wildman–Crippen MR) is 127 cm³/mol. The minimum atomic E-state index is -0.336. The maximum Gasteiger partial charge on any atom is 0.234 e. The monoisotopic (exact) mass is 440 g/mol. The number of anilines is 1. The lowest BCUT2D eigenvalue weighted by molar-refractivity contribution is -0.133. The zero-order chi connectivity index (χ0) is 22.9. The number of hydrogen-bond acceptors (Lipinski definition) is 4. The second-order valence-corrected chi connectivity index (χ2v) is 8.98. The lowest BCUT2D eigenvalue weighted by Gasteiger charge is -2.35. The van der Waals surface area contributed by atoms with E-state index >= 15 is 0 Å². The maximum absolute atomic E-state index is 13.9. The van der Waals surface area contributed by atoms with Crippen molar-refractivity contribution in [3.8, 4) is 0 Å². The van der Waals surface area contributed by atoms with Crippen LogP contribution in [0, 0.1) is 6.92 Å². The average Bonchev–Trinajstić information content (AvgIpc) is 3.15. The van der Waals surface area contributed by atoms with Gasteiger partial charge in [-0.25, -0.2) is 9.97 Å². The summed E-state index contributed by atoms with van der Waals surface area (Å²) in [6, 6.07) is 20.0. The number of likely N-dealkylation sites (tertiary alicyclic amines) is 1. The summed E-state index contributed by atoms with van der Waals surface area (Å²) in [6.45, 7) is 3.27. The Morgan fingerprint density at radius 2 is 1.64 bits per heavy atom. The molecule has 168 valence electrons. The van der Waals surface area contributed by atoms with Gasteiger partial charge in [-0.15, -0.1) is 0 Å². The molecule has 2 amide bonds. The number of amides is 2. The topological polar surface area (TPSA) is 66.4 Å². The van der Waals surface area contributed by atoms with Gasteiger partial charge in [0.15, 0.2) is 0 Å². The predicted octanol–water partition coefficient (Wildman–Crippen LogP) is 3.84. The fraction of sp³-hybridized carbons (Fsp3) is 0.333. The molecule has 33 heavy (non-hydrogen) atoms. The SMILES string of the molecule is Cc1nc(C2CCCN(C(=O)C(c3ccccc3)c3ccccc3)C2)nc2c1CC(=O)N2C. The zero-order valence-corrected chi connectivity index (χ0v) is 19.1. The summed E-state index contributed by atoms with van der Waals surface area (Å²) < 4.78 is 0. The highest BCUT2D eigenvalue weighted by Gasteiger charge is 2.34. The Bertz CT molecular complexity index is 1140. The summed E-state index contributed by atoms with van der Waals surface area (Å²) >= 11 is 0. The highest BCUT2D eigenvalue weighted by atomic mass is 16.2. The van der Waals surface area contributed by atoms with E-state index < -0.39 is 0 Å². The summed E-state index contributed by atoms with van der Waals surface area (Å²) in [7, 11) is 1.77. The molecule has 2 aromatic carbocycles. The van der Waals surface area contributed by atoms with Crippen LogP contribution in [0.5, 0.6) is 0 Å². The molecule has 2 aliphatic heterocycles. The van der Waals surface area contributed by atoms with E-state index in [0.29, 0.717) is 13.0 Å². The van der Waals surface area contributed by atoms with Gasteiger partial charge in [0.1, 0.15) is 11.6 Å². The third-order valence-electron chi connectivity index (χ3n) is 6.84. The van der Waals surface area contributed by atoms with Gasteiger partial charge in [-0.3, -0.25) is 14.5 Å². The van der Waals surface area contributed by atoms with Gasteiger partial charge in [0.2, 0.25) is 11.8 Å². The lowest BCUT2D eigenvalue weighted by Crippen LogP contribution is -2.42. The van der Waals surface area contributed by atoms with Crippen molar-refractivity contribution in [1.82, 2.24) is 14.9 Å². The van der Waals surface area contributed by atoms with Crippen LogP contribution in [0.4, 0.5) is 5.82 Å². The Hall–Kier alpha value is -3.54. The second-order valence-electron chi connectivity index (χ2n) is 8.98. The van der Waals surface area contributed by atoms with Crippen LogP contribution < -0.4 is 4.90 Å². The summed E-state index contributed by atoms with van der Waals surface area (Å²) in [4.78, 5) is 39.2. The van der Waals surface area contributed by atoms with Crippen molar-refractivity contribution < 1.29 is 9.59 Å². The molecule has 1 fully saturated rings. The molecule has 6 nitrogen and oxygen atoms in total. The molecule has 3 heterocycles. The Balaban J connectivity index is 1.43. The fourth-order valence-electron chi connectivity index (χ4n) is 5.00. The summed E-state index contributed by atoms with van der Waals surface area (Å²) in [6.07, 6.45) is 2.20. The highest BCUT2D eigenvalue weighted by molar-refractivity contribution is 6.00. The largest absolute Gasteiger partial charge is 0.341 e. The molecule has 0 aliphatic carbocycles. The number of aryl methyl sites for hydroxylation is 1. The molecule has 0 saturated carbocycles. The molecule has 1 atom stereocenters. The first-order valence-electron chi connectivity index (χ1n) is 11.6. The number of benzene rings is 2. The fourth-order valence-corrected chi connectivity index (χ4v) is 5.00. The zero-order valence-electron chi connectivity index (χ0n) is 19.1. The average molecular weight is 441 g/mol. The molecular formula is C27H28N4O2. The van der Waals surface area contributed by atoms with Crippen LogP contribution in [0.25, 0.3) is 0 Å². The summed E-state index contributed by atoms with van der Waals surface area (Å²) in [5, 5.41) is 0. The van der Waals surface area contributed by atoms with E-state index in [1.807, 2.05) is 72.5 Å². The summed E-state index contributed by atoms with van der Waals surface area (Å²) in [5.41, 5.74) is 3.78. The normalized spacial score (nSPS) is 18.0. The number of aromatic nitrogens is 2. The third kappa shape index (κ3) is 4.01. The van der Waals surface area contributed by atoms with E-state index in [9.17, 15) is 9.59 Å². The van der Waals surface area contributed by atoms with Gasteiger partial charge in [0.25, 0.3) is 0 Å². The first-order valence-corrected chi connectivity index (χ1v) is 11.6. The number of likely N-dealkylation sites (N-methyl/N-ethyl adjacent to an activating group) is 1. The molecule has 1 unspecified atom stereocenters. The minimum Gasteiger partial charge on any atom is -0.341 e. The Morgan fingerprint density at radius 1 is 1.00 bits per heavy atom. The third-order valence-corrected chi connectivity index (χ3v) is 6.84. The number of hydrogen-bond donors (Lipinski definition) is 0. The van der Waals surface area contributed by atoms with Crippen LogP contribution in [-0.4, -0.2) is 46.8 Å². The molecule has 3 aromatic rings. The Labute approximate surface area is 194 Å². The van der Waals surface area contributed by atoms with E-state index in [-0.39, 0.29) is 23.7 Å². The molecule has 1 saturated heterocycles. The van der Waals surface area contributed by atoms with Crippen molar-refractivity contribution >= 4 is 17.6 Å². The molecule has 5 rings (SSSR count). The van der Waals surface area contributed by atoms with Crippen LogP contribution in [0.15, 0.2) is 60.7 Å². The van der Waals surface area contributed by atoms with Crippen molar-refractivity contribution in [3.05, 3.63) is 88.9 Å². The van der Waals surface area contributed by atoms with E-state index in [4.69, 9.17) is 9.97 Å². The number of rotatable bonds is 4. The molecule has 0 bridgehead atoms. The molecule has 0 spiro atoms. The van der Waals surface area contributed by atoms with Crippen molar-refractivity contribution in [2.75, 3.05) is 25.0 Å². The van der Waals surface area contributed by atoms with E-state index in [2.05, 4.69) is 0 Å². The van der Waals surface area contributed by atoms with Gasteiger partial charge in [0.05, 0.1) is 12.3 Å². The van der Waals surface area contributed by atoms with Crippen molar-refractivity contribution in [1.29, 1.82) is 0 Å². The molecule has 0 radical (unpaired) electrons. The molecule has 0 N–H and O–H groups in total. The van der Waals surface area contributed by atoms with Gasteiger partial charge in [0, 0.05) is 37.3 Å². The Morgan fingerprint density at radius 3 is 2.27 bits per heavy atom. The lowest BCUT2D eigenvalue weighted by atomic mass is 9.88. The van der Waals surface area contributed by atoms with Gasteiger partial charge in [-0.1, -0.05) is 60.7 Å². The first kappa shape index (κ1) is 21.3. The molecular weight excluding hydrogens is 412 g/mol. The highest BCUT2D eigenvalue weighted by Crippen LogP contribution is 2.34. The van der Waals surface area contributed by atoms with Gasteiger partial charge in [-0.2, -0.15) is 0 Å².